The average molecular weight is 927 g/mol. The van der Waals surface area contributed by atoms with Gasteiger partial charge in [0.25, 0.3) is 6.71 Å². The molecule has 2 nitrogen and oxygen atoms in total. The summed E-state index contributed by atoms with van der Waals surface area (Å²) in [6.45, 7) is 16.3. The zero-order valence-corrected chi connectivity index (χ0v) is 42.4. The van der Waals surface area contributed by atoms with E-state index in [1.807, 2.05) is 0 Å². The van der Waals surface area contributed by atoms with E-state index in [-0.39, 0.29) is 17.5 Å². The predicted molar refractivity (Wildman–Crippen MR) is 310 cm³/mol. The fourth-order valence-corrected chi connectivity index (χ4v) is 11.5. The van der Waals surface area contributed by atoms with Crippen LogP contribution in [0.2, 0.25) is 0 Å². The second-order valence-electron chi connectivity index (χ2n) is 21.9. The molecule has 3 heteroatoms. The maximum atomic E-state index is 2.62. The minimum absolute atomic E-state index is 0.0183. The van der Waals surface area contributed by atoms with Gasteiger partial charge in [0.1, 0.15) is 0 Å². The van der Waals surface area contributed by atoms with Gasteiger partial charge in [0.05, 0.1) is 5.69 Å². The molecule has 72 heavy (non-hydrogen) atoms. The van der Waals surface area contributed by atoms with E-state index in [4.69, 9.17) is 0 Å². The third kappa shape index (κ3) is 7.94. The predicted octanol–water partition coefficient (Wildman–Crippen LogP) is 17.0. The summed E-state index contributed by atoms with van der Waals surface area (Å²) < 4.78 is 0. The number of rotatable bonds is 7. The monoisotopic (exact) mass is 926 g/mol. The van der Waals surface area contributed by atoms with E-state index in [0.717, 1.165) is 11.4 Å². The summed E-state index contributed by atoms with van der Waals surface area (Å²) in [7, 11) is 0. The molecule has 0 aromatic heterocycles. The summed E-state index contributed by atoms with van der Waals surface area (Å²) in [4.78, 5) is 5.15. The molecule has 10 aromatic carbocycles. The molecule has 348 valence electrons. The molecule has 0 N–H and O–H groups in total. The molecule has 0 fully saturated rings. The second-order valence-corrected chi connectivity index (χ2v) is 21.9. The first-order valence-corrected chi connectivity index (χ1v) is 25.5. The van der Waals surface area contributed by atoms with Crippen molar-refractivity contribution in [1.29, 1.82) is 0 Å². The first-order chi connectivity index (χ1) is 34.9. The minimum atomic E-state index is -0.0737. The van der Waals surface area contributed by atoms with Gasteiger partial charge in [0.15, 0.2) is 0 Å². The number of hydrogen-bond acceptors (Lipinski definition) is 2. The van der Waals surface area contributed by atoms with E-state index in [2.05, 4.69) is 289 Å². The summed E-state index contributed by atoms with van der Waals surface area (Å²) in [6.07, 6.45) is 0. The van der Waals surface area contributed by atoms with Gasteiger partial charge in [0.2, 0.25) is 0 Å². The lowest BCUT2D eigenvalue weighted by atomic mass is 9.33. The lowest BCUT2D eigenvalue weighted by Gasteiger charge is -2.45. The first kappa shape index (κ1) is 45.0. The van der Waals surface area contributed by atoms with Gasteiger partial charge in [-0.05, 0) is 149 Å². The molecule has 0 aliphatic carbocycles. The van der Waals surface area contributed by atoms with Crippen LogP contribution in [-0.2, 0) is 10.8 Å². The lowest BCUT2D eigenvalue weighted by Crippen LogP contribution is -2.61. The van der Waals surface area contributed by atoms with Crippen molar-refractivity contribution in [2.75, 3.05) is 9.80 Å². The van der Waals surface area contributed by atoms with Gasteiger partial charge < -0.3 is 9.80 Å². The van der Waals surface area contributed by atoms with Crippen LogP contribution in [0, 0.1) is 6.92 Å². The van der Waals surface area contributed by atoms with Crippen molar-refractivity contribution >= 4 is 57.2 Å². The van der Waals surface area contributed by atoms with Crippen molar-refractivity contribution in [3.05, 3.63) is 247 Å². The topological polar surface area (TPSA) is 6.48 Å². The van der Waals surface area contributed by atoms with Crippen LogP contribution in [-0.4, -0.2) is 6.71 Å². The highest BCUT2D eigenvalue weighted by atomic mass is 15.2. The minimum Gasteiger partial charge on any atom is -0.311 e. The van der Waals surface area contributed by atoms with Crippen molar-refractivity contribution in [2.24, 2.45) is 0 Å². The molecule has 0 saturated carbocycles. The van der Waals surface area contributed by atoms with Crippen LogP contribution in [0.15, 0.2) is 231 Å². The Bertz CT molecular complexity index is 3640. The van der Waals surface area contributed by atoms with Gasteiger partial charge in [-0.25, -0.2) is 0 Å². The van der Waals surface area contributed by atoms with Gasteiger partial charge in [-0.2, -0.15) is 0 Å². The smallest absolute Gasteiger partial charge is 0.252 e. The number of nitrogens with zero attached hydrogens (tertiary/aromatic N) is 2. The van der Waals surface area contributed by atoms with E-state index in [1.54, 1.807) is 0 Å². The fourth-order valence-electron chi connectivity index (χ4n) is 11.5. The molecule has 2 heterocycles. The molecule has 2 aliphatic rings. The molecule has 0 saturated heterocycles. The molecule has 0 radical (unpaired) electrons. The van der Waals surface area contributed by atoms with Crippen LogP contribution in [0.5, 0.6) is 0 Å². The van der Waals surface area contributed by atoms with E-state index < -0.39 is 0 Å². The maximum Gasteiger partial charge on any atom is 0.252 e. The Hall–Kier alpha value is -8.14. The normalized spacial score (nSPS) is 12.8. The Morgan fingerprint density at radius 3 is 1.31 bits per heavy atom. The molecule has 12 rings (SSSR count). The Morgan fingerprint density at radius 2 is 0.750 bits per heavy atom. The van der Waals surface area contributed by atoms with Crippen LogP contribution < -0.4 is 26.2 Å². The molecule has 0 spiro atoms. The summed E-state index contributed by atoms with van der Waals surface area (Å²) >= 11 is 0. The SMILES string of the molecule is Cc1cc2c3c(c1)N(c1ccc(-c4ccccc4)cc1-c1ccc(C(C)(C)C)c(C(C)(C)C)c1)c1cc(-c4ccccc4)ccc1B3c1cc(-c3ccccc3)ccc1N2c1ccc(-c2ccccc2)cc1. The molecule has 0 bridgehead atoms. The molecule has 10 aromatic rings. The standard InChI is InChI=1S/C69H59BN2/c1-46-40-65-67-66(41-46)72(62-38-32-52(48-22-14-9-15-23-48)42-57(62)55-30-36-58(68(2,3)4)59(43-55)69(5,6)7)64-45-54(50-26-18-11-19-27-50)31-37-60(64)70(67)61-44-53(49-24-16-10-17-25-49)33-39-63(61)71(65)56-34-28-51(29-35-56)47-20-12-8-13-21-47/h8-45H,1-7H3. The third-order valence-corrected chi connectivity index (χ3v) is 15.0. The molecular formula is C69H59BN2. The van der Waals surface area contributed by atoms with Crippen molar-refractivity contribution in [1.82, 2.24) is 0 Å². The quantitative estimate of drug-likeness (QED) is 0.147. The molecule has 0 amide bonds. The van der Waals surface area contributed by atoms with Crippen LogP contribution in [0.3, 0.4) is 0 Å². The number of aryl methyl sites for hydroxylation is 1. The average Bonchev–Trinajstić information content (AvgIpc) is 3.41. The number of hydrogen-bond donors (Lipinski definition) is 0. The largest absolute Gasteiger partial charge is 0.311 e. The molecule has 0 unspecified atom stereocenters. The highest BCUT2D eigenvalue weighted by molar-refractivity contribution is 7.00. The maximum absolute atomic E-state index is 2.62. The lowest BCUT2D eigenvalue weighted by molar-refractivity contribution is 0.530. The Morgan fingerprint density at radius 1 is 0.306 bits per heavy atom. The van der Waals surface area contributed by atoms with E-state index in [0.29, 0.717) is 0 Å². The number of fused-ring (bicyclic) bond motifs is 4. The zero-order chi connectivity index (χ0) is 49.3. The van der Waals surface area contributed by atoms with Crippen LogP contribution in [0.25, 0.3) is 55.6 Å². The molecule has 0 atom stereocenters. The third-order valence-electron chi connectivity index (χ3n) is 15.0. The van der Waals surface area contributed by atoms with Crippen molar-refractivity contribution in [2.45, 2.75) is 59.3 Å². The van der Waals surface area contributed by atoms with E-state index >= 15 is 0 Å². The summed E-state index contributed by atoms with van der Waals surface area (Å²) in [5.41, 5.74) is 26.9. The van der Waals surface area contributed by atoms with Crippen molar-refractivity contribution in [3.8, 4) is 55.6 Å². The van der Waals surface area contributed by atoms with E-state index in [1.165, 1.54) is 111 Å². The van der Waals surface area contributed by atoms with Gasteiger partial charge in [-0.15, -0.1) is 0 Å². The number of benzene rings is 10. The fraction of sp³-hybridized carbons (Fsp3) is 0.130. The van der Waals surface area contributed by atoms with Crippen LogP contribution in [0.4, 0.5) is 34.1 Å². The van der Waals surface area contributed by atoms with Gasteiger partial charge >= 0.3 is 0 Å². The highest BCUT2D eigenvalue weighted by Gasteiger charge is 2.44. The first-order valence-electron chi connectivity index (χ1n) is 25.5. The van der Waals surface area contributed by atoms with Gasteiger partial charge in [-0.3, -0.25) is 0 Å². The Labute approximate surface area is 427 Å². The van der Waals surface area contributed by atoms with Crippen LogP contribution in [0.1, 0.15) is 58.2 Å². The molecule has 2 aliphatic heterocycles. The Balaban J connectivity index is 1.16. The van der Waals surface area contributed by atoms with Crippen LogP contribution >= 0.6 is 0 Å². The van der Waals surface area contributed by atoms with Gasteiger partial charge in [0, 0.05) is 34.0 Å². The zero-order valence-electron chi connectivity index (χ0n) is 42.4. The van der Waals surface area contributed by atoms with Crippen molar-refractivity contribution < 1.29 is 0 Å². The Kier molecular flexibility index (Phi) is 11.0. The molecular weight excluding hydrogens is 868 g/mol. The summed E-state index contributed by atoms with van der Waals surface area (Å²) in [5, 5.41) is 0. The number of anilines is 6. The van der Waals surface area contributed by atoms with Gasteiger partial charge in [-0.1, -0.05) is 224 Å². The van der Waals surface area contributed by atoms with E-state index in [9.17, 15) is 0 Å². The second kappa shape index (κ2) is 17.6. The highest BCUT2D eigenvalue weighted by Crippen LogP contribution is 2.49. The van der Waals surface area contributed by atoms with Crippen molar-refractivity contribution in [3.63, 3.8) is 0 Å². The summed E-state index contributed by atoms with van der Waals surface area (Å²) in [5.74, 6) is 0. The summed E-state index contributed by atoms with van der Waals surface area (Å²) in [6, 6.07) is 86.2.